The average molecular weight is 289 g/mol. The largest absolute Gasteiger partial charge is 0.493 e. The van der Waals surface area contributed by atoms with E-state index in [1.54, 1.807) is 26.4 Å². The van der Waals surface area contributed by atoms with Gasteiger partial charge in [-0.1, -0.05) is 18.2 Å². The molecule has 0 amide bonds. The molecule has 0 aliphatic rings. The number of benzene rings is 2. The Morgan fingerprint density at radius 2 is 1.67 bits per heavy atom. The summed E-state index contributed by atoms with van der Waals surface area (Å²) < 4.78 is 24.4. The highest BCUT2D eigenvalue weighted by molar-refractivity contribution is 5.61. The van der Waals surface area contributed by atoms with Gasteiger partial charge in [0.25, 0.3) is 0 Å². The van der Waals surface area contributed by atoms with Crippen molar-refractivity contribution in [1.29, 1.82) is 0 Å². The van der Waals surface area contributed by atoms with Crippen LogP contribution in [0.4, 0.5) is 10.1 Å². The summed E-state index contributed by atoms with van der Waals surface area (Å²) in [5, 5.41) is 3.32. The first-order chi connectivity index (χ1) is 10.1. The van der Waals surface area contributed by atoms with E-state index in [0.717, 1.165) is 11.3 Å². The van der Waals surface area contributed by atoms with Crippen LogP contribution in [-0.2, 0) is 0 Å². The van der Waals surface area contributed by atoms with Crippen molar-refractivity contribution >= 4 is 5.69 Å². The van der Waals surface area contributed by atoms with Crippen molar-refractivity contribution < 1.29 is 13.9 Å². The Balaban J connectivity index is 2.29. The zero-order valence-corrected chi connectivity index (χ0v) is 12.7. The molecule has 1 atom stereocenters. The molecule has 0 spiro atoms. The monoisotopic (exact) mass is 289 g/mol. The van der Waals surface area contributed by atoms with E-state index in [1.165, 1.54) is 6.07 Å². The zero-order valence-electron chi connectivity index (χ0n) is 12.7. The minimum absolute atomic E-state index is 0.150. The minimum Gasteiger partial charge on any atom is -0.493 e. The van der Waals surface area contributed by atoms with Gasteiger partial charge in [-0.05, 0) is 31.5 Å². The fraction of sp³-hybridized carbons (Fsp3) is 0.294. The first kappa shape index (κ1) is 15.2. The van der Waals surface area contributed by atoms with Crippen molar-refractivity contribution in [2.45, 2.75) is 19.9 Å². The van der Waals surface area contributed by atoms with Gasteiger partial charge in [0.15, 0.2) is 11.5 Å². The summed E-state index contributed by atoms with van der Waals surface area (Å²) in [4.78, 5) is 0. The highest BCUT2D eigenvalue weighted by Crippen LogP contribution is 2.34. The van der Waals surface area contributed by atoms with E-state index in [2.05, 4.69) is 5.32 Å². The summed E-state index contributed by atoms with van der Waals surface area (Å²) in [6, 6.07) is 10.4. The molecule has 2 aromatic rings. The van der Waals surface area contributed by atoms with Crippen LogP contribution in [0.2, 0.25) is 0 Å². The van der Waals surface area contributed by atoms with Crippen LogP contribution in [-0.4, -0.2) is 14.2 Å². The molecular weight excluding hydrogens is 269 g/mol. The molecule has 0 saturated carbocycles. The van der Waals surface area contributed by atoms with Gasteiger partial charge in [0.1, 0.15) is 5.82 Å². The van der Waals surface area contributed by atoms with E-state index in [-0.39, 0.29) is 11.9 Å². The van der Waals surface area contributed by atoms with E-state index >= 15 is 0 Å². The Morgan fingerprint density at radius 1 is 1.05 bits per heavy atom. The van der Waals surface area contributed by atoms with E-state index < -0.39 is 0 Å². The highest BCUT2D eigenvalue weighted by Gasteiger charge is 2.13. The Bertz CT molecular complexity index is 628. The molecule has 0 aliphatic carbocycles. The summed E-state index contributed by atoms with van der Waals surface area (Å²) in [5.41, 5.74) is 2.53. The molecule has 0 fully saturated rings. The summed E-state index contributed by atoms with van der Waals surface area (Å²) in [5.74, 6) is 1.11. The van der Waals surface area contributed by atoms with Crippen LogP contribution >= 0.6 is 0 Å². The molecule has 3 nitrogen and oxygen atoms in total. The number of hydrogen-bond donors (Lipinski definition) is 1. The lowest BCUT2D eigenvalue weighted by molar-refractivity contribution is 0.355. The summed E-state index contributed by atoms with van der Waals surface area (Å²) >= 11 is 0. The van der Waals surface area contributed by atoms with Gasteiger partial charge in [0.05, 0.1) is 20.3 Å². The Hall–Kier alpha value is -2.23. The predicted molar refractivity (Wildman–Crippen MR) is 82.7 cm³/mol. The number of ether oxygens (including phenoxy) is 2. The lowest BCUT2D eigenvalue weighted by Crippen LogP contribution is -2.09. The van der Waals surface area contributed by atoms with Gasteiger partial charge in [-0.3, -0.25) is 0 Å². The topological polar surface area (TPSA) is 30.5 Å². The molecule has 1 unspecified atom stereocenters. The summed E-state index contributed by atoms with van der Waals surface area (Å²) in [7, 11) is 3.20. The van der Waals surface area contributed by atoms with Crippen molar-refractivity contribution in [3.8, 4) is 11.5 Å². The summed E-state index contributed by atoms with van der Waals surface area (Å²) in [6.45, 7) is 3.90. The molecule has 0 aromatic heterocycles. The smallest absolute Gasteiger partial charge is 0.162 e. The molecule has 21 heavy (non-hydrogen) atoms. The molecule has 0 saturated heterocycles. The second-order valence-corrected chi connectivity index (χ2v) is 4.91. The van der Waals surface area contributed by atoms with Gasteiger partial charge >= 0.3 is 0 Å². The number of methoxy groups -OCH3 is 2. The van der Waals surface area contributed by atoms with Crippen molar-refractivity contribution in [1.82, 2.24) is 0 Å². The van der Waals surface area contributed by atoms with Crippen LogP contribution in [0.5, 0.6) is 11.5 Å². The van der Waals surface area contributed by atoms with E-state index in [1.807, 2.05) is 32.0 Å². The van der Waals surface area contributed by atoms with Crippen molar-refractivity contribution in [3.05, 3.63) is 53.3 Å². The molecule has 0 radical (unpaired) electrons. The number of anilines is 1. The fourth-order valence-electron chi connectivity index (χ4n) is 2.27. The zero-order chi connectivity index (χ0) is 15.4. The SMILES string of the molecule is COc1cc(C)c(NC(C)c2ccccc2F)cc1OC. The van der Waals surface area contributed by atoms with Crippen LogP contribution < -0.4 is 14.8 Å². The van der Waals surface area contributed by atoms with Crippen LogP contribution in [0.15, 0.2) is 36.4 Å². The molecule has 2 aromatic carbocycles. The molecule has 2 rings (SSSR count). The van der Waals surface area contributed by atoms with Gasteiger partial charge < -0.3 is 14.8 Å². The maximum Gasteiger partial charge on any atom is 0.162 e. The van der Waals surface area contributed by atoms with E-state index in [4.69, 9.17) is 9.47 Å². The fourth-order valence-corrected chi connectivity index (χ4v) is 2.27. The number of halogens is 1. The van der Waals surface area contributed by atoms with Crippen molar-refractivity contribution in [3.63, 3.8) is 0 Å². The minimum atomic E-state index is -0.212. The highest BCUT2D eigenvalue weighted by atomic mass is 19.1. The van der Waals surface area contributed by atoms with Gasteiger partial charge in [0.2, 0.25) is 0 Å². The maximum atomic E-state index is 13.8. The standard InChI is InChI=1S/C17H20FNO2/c1-11-9-16(20-3)17(21-4)10-15(11)19-12(2)13-7-5-6-8-14(13)18/h5-10,12,19H,1-4H3. The molecule has 0 bridgehead atoms. The third-order valence-electron chi connectivity index (χ3n) is 3.47. The second kappa shape index (κ2) is 6.48. The van der Waals surface area contributed by atoms with Gasteiger partial charge in [-0.25, -0.2) is 4.39 Å². The Kier molecular flexibility index (Phi) is 4.68. The quantitative estimate of drug-likeness (QED) is 0.889. The maximum absolute atomic E-state index is 13.8. The Labute approximate surface area is 124 Å². The molecule has 112 valence electrons. The first-order valence-electron chi connectivity index (χ1n) is 6.80. The van der Waals surface area contributed by atoms with Crippen LogP contribution in [0, 0.1) is 12.7 Å². The normalized spacial score (nSPS) is 11.9. The lowest BCUT2D eigenvalue weighted by Gasteiger charge is -2.19. The van der Waals surface area contributed by atoms with E-state index in [9.17, 15) is 4.39 Å². The van der Waals surface area contributed by atoms with Crippen LogP contribution in [0.1, 0.15) is 24.1 Å². The molecule has 4 heteroatoms. The summed E-state index contributed by atoms with van der Waals surface area (Å²) in [6.07, 6.45) is 0. The Morgan fingerprint density at radius 3 is 2.29 bits per heavy atom. The molecule has 1 N–H and O–H groups in total. The van der Waals surface area contributed by atoms with E-state index in [0.29, 0.717) is 17.1 Å². The predicted octanol–water partition coefficient (Wildman–Crippen LogP) is 4.32. The first-order valence-corrected chi connectivity index (χ1v) is 6.80. The number of rotatable bonds is 5. The third-order valence-corrected chi connectivity index (χ3v) is 3.47. The lowest BCUT2D eigenvalue weighted by atomic mass is 10.1. The number of nitrogens with one attached hydrogen (secondary N) is 1. The van der Waals surface area contributed by atoms with Gasteiger partial charge in [-0.15, -0.1) is 0 Å². The van der Waals surface area contributed by atoms with Crippen molar-refractivity contribution in [2.75, 3.05) is 19.5 Å². The number of aryl methyl sites for hydroxylation is 1. The second-order valence-electron chi connectivity index (χ2n) is 4.91. The molecule has 0 aliphatic heterocycles. The average Bonchev–Trinajstić information content (AvgIpc) is 2.49. The van der Waals surface area contributed by atoms with Gasteiger partial charge in [-0.2, -0.15) is 0 Å². The van der Waals surface area contributed by atoms with Gasteiger partial charge in [0, 0.05) is 17.3 Å². The molecule has 0 heterocycles. The third kappa shape index (κ3) is 3.27. The molecular formula is C17H20FNO2. The van der Waals surface area contributed by atoms with Crippen LogP contribution in [0.25, 0.3) is 0 Å². The van der Waals surface area contributed by atoms with Crippen molar-refractivity contribution in [2.24, 2.45) is 0 Å². The number of hydrogen-bond acceptors (Lipinski definition) is 3. The van der Waals surface area contributed by atoms with Crippen LogP contribution in [0.3, 0.4) is 0 Å².